The highest BCUT2D eigenvalue weighted by Gasteiger charge is 2.41. The molecule has 1 aromatic carbocycles. The van der Waals surface area contributed by atoms with E-state index < -0.39 is 17.5 Å². The van der Waals surface area contributed by atoms with Gasteiger partial charge in [0.2, 0.25) is 5.91 Å². The minimum atomic E-state index is -4.95. The third kappa shape index (κ3) is 3.34. The smallest absolute Gasteiger partial charge is 0.337 e. The second-order valence-electron chi connectivity index (χ2n) is 6.94. The second kappa shape index (κ2) is 6.78. The topological polar surface area (TPSA) is 42.3 Å². The summed E-state index contributed by atoms with van der Waals surface area (Å²) < 4.78 is 40.1. The maximum Gasteiger partial charge on any atom is 0.454 e. The third-order valence-corrected chi connectivity index (χ3v) is 5.08. The first-order chi connectivity index (χ1) is 12.2. The molecule has 0 N–H and O–H groups in total. The van der Waals surface area contributed by atoms with Crippen LogP contribution in [-0.2, 0) is 11.3 Å². The van der Waals surface area contributed by atoms with Gasteiger partial charge in [-0.1, -0.05) is 18.2 Å². The molecule has 0 saturated carbocycles. The van der Waals surface area contributed by atoms with Crippen LogP contribution in [0.1, 0.15) is 43.5 Å². The molecule has 0 aliphatic carbocycles. The molecule has 0 radical (unpaired) electrons. The van der Waals surface area contributed by atoms with Gasteiger partial charge in [-0.25, -0.2) is 0 Å². The van der Waals surface area contributed by atoms with Gasteiger partial charge in [0.15, 0.2) is 0 Å². The number of ketones is 1. The number of carbonyl (C=O) groups is 2. The Balaban J connectivity index is 1.96. The van der Waals surface area contributed by atoms with Gasteiger partial charge in [0.1, 0.15) is 6.54 Å². The van der Waals surface area contributed by atoms with E-state index in [2.05, 4.69) is 0 Å². The van der Waals surface area contributed by atoms with E-state index >= 15 is 0 Å². The Morgan fingerprint density at radius 2 is 1.73 bits per heavy atom. The predicted molar refractivity (Wildman–Crippen MR) is 91.9 cm³/mol. The van der Waals surface area contributed by atoms with Gasteiger partial charge in [-0.2, -0.15) is 13.2 Å². The predicted octanol–water partition coefficient (Wildman–Crippen LogP) is 4.18. The Morgan fingerprint density at radius 3 is 2.35 bits per heavy atom. The van der Waals surface area contributed by atoms with Crippen molar-refractivity contribution in [3.63, 3.8) is 0 Å². The SMILES string of the molecule is C[C@@H]1CCC[C@H](C)N1C(=O)Cn1cc(C(=O)C(F)(F)F)c2ccccc21. The lowest BCUT2D eigenvalue weighted by Gasteiger charge is -2.39. The summed E-state index contributed by atoms with van der Waals surface area (Å²) in [7, 11) is 0. The number of hydrogen-bond donors (Lipinski definition) is 0. The fourth-order valence-corrected chi connectivity index (χ4v) is 3.85. The summed E-state index contributed by atoms with van der Waals surface area (Å²) in [5.74, 6) is -2.03. The zero-order valence-corrected chi connectivity index (χ0v) is 14.7. The zero-order chi connectivity index (χ0) is 19.1. The molecular formula is C19H21F3N2O2. The van der Waals surface area contributed by atoms with Crippen LogP contribution in [0, 0.1) is 0 Å². The Morgan fingerprint density at radius 1 is 1.12 bits per heavy atom. The third-order valence-electron chi connectivity index (χ3n) is 5.08. The van der Waals surface area contributed by atoms with Crippen LogP contribution < -0.4 is 0 Å². The number of fused-ring (bicyclic) bond motifs is 1. The number of likely N-dealkylation sites (tertiary alicyclic amines) is 1. The number of piperidine rings is 1. The number of alkyl halides is 3. The van der Waals surface area contributed by atoms with E-state index in [9.17, 15) is 22.8 Å². The summed E-state index contributed by atoms with van der Waals surface area (Å²) in [6.45, 7) is 3.89. The Hall–Kier alpha value is -2.31. The number of para-hydroxylation sites is 1. The van der Waals surface area contributed by atoms with Crippen LogP contribution in [0.25, 0.3) is 10.9 Å². The van der Waals surface area contributed by atoms with Crippen molar-refractivity contribution in [2.24, 2.45) is 0 Å². The normalized spacial score (nSPS) is 21.2. The fourth-order valence-electron chi connectivity index (χ4n) is 3.85. The Kier molecular flexibility index (Phi) is 4.82. The molecule has 0 unspecified atom stereocenters. The van der Waals surface area contributed by atoms with E-state index in [0.29, 0.717) is 5.52 Å². The van der Waals surface area contributed by atoms with Crippen molar-refractivity contribution in [2.75, 3.05) is 0 Å². The van der Waals surface area contributed by atoms with Gasteiger partial charge in [-0.05, 0) is 39.2 Å². The van der Waals surface area contributed by atoms with Crippen LogP contribution in [0.5, 0.6) is 0 Å². The number of halogens is 3. The highest BCUT2D eigenvalue weighted by molar-refractivity contribution is 6.10. The maximum absolute atomic E-state index is 12.9. The number of carbonyl (C=O) groups excluding carboxylic acids is 2. The highest BCUT2D eigenvalue weighted by atomic mass is 19.4. The molecule has 1 aromatic heterocycles. The van der Waals surface area contributed by atoms with E-state index in [1.54, 1.807) is 18.2 Å². The van der Waals surface area contributed by atoms with Crippen LogP contribution in [0.3, 0.4) is 0 Å². The summed E-state index contributed by atoms with van der Waals surface area (Å²) in [5.41, 5.74) is 0.0337. The van der Waals surface area contributed by atoms with Crippen molar-refractivity contribution in [1.82, 2.24) is 9.47 Å². The summed E-state index contributed by atoms with van der Waals surface area (Å²) in [6, 6.07) is 6.56. The summed E-state index contributed by atoms with van der Waals surface area (Å²) >= 11 is 0. The molecule has 1 aliphatic heterocycles. The molecule has 4 nitrogen and oxygen atoms in total. The molecule has 26 heavy (non-hydrogen) atoms. The van der Waals surface area contributed by atoms with E-state index in [1.165, 1.54) is 10.6 Å². The molecule has 2 heterocycles. The lowest BCUT2D eigenvalue weighted by Crippen LogP contribution is -2.48. The molecule has 2 aromatic rings. The molecule has 0 bridgehead atoms. The number of Topliss-reactive ketones (excluding diaryl/α,β-unsaturated/α-hetero) is 1. The lowest BCUT2D eigenvalue weighted by molar-refractivity contribution is -0.137. The number of amides is 1. The van der Waals surface area contributed by atoms with Crippen molar-refractivity contribution >= 4 is 22.6 Å². The highest BCUT2D eigenvalue weighted by Crippen LogP contribution is 2.29. The summed E-state index contributed by atoms with van der Waals surface area (Å²) in [4.78, 5) is 26.4. The number of nitrogens with zero attached hydrogens (tertiary/aromatic N) is 2. The summed E-state index contributed by atoms with van der Waals surface area (Å²) in [5, 5.41) is 0.211. The quantitative estimate of drug-likeness (QED) is 0.765. The first-order valence-corrected chi connectivity index (χ1v) is 8.70. The maximum atomic E-state index is 12.9. The van der Waals surface area contributed by atoms with Crippen LogP contribution in [0.2, 0.25) is 0 Å². The minimum Gasteiger partial charge on any atom is -0.337 e. The van der Waals surface area contributed by atoms with Gasteiger partial charge in [0, 0.05) is 29.2 Å². The molecule has 0 spiro atoms. The molecule has 140 valence electrons. The first-order valence-electron chi connectivity index (χ1n) is 8.70. The van der Waals surface area contributed by atoms with Gasteiger partial charge in [0.05, 0.1) is 5.56 Å². The largest absolute Gasteiger partial charge is 0.454 e. The standard InChI is InChI=1S/C19H21F3N2O2/c1-12-6-5-7-13(2)24(12)17(25)11-23-10-15(18(26)19(20,21)22)14-8-3-4-9-16(14)23/h3-4,8-10,12-13H,5-7,11H2,1-2H3/t12-,13+. The molecule has 1 aliphatic rings. The molecule has 2 atom stereocenters. The first kappa shape index (κ1) is 18.5. The van der Waals surface area contributed by atoms with Crippen molar-refractivity contribution < 1.29 is 22.8 Å². The Bertz CT molecular complexity index is 831. The van der Waals surface area contributed by atoms with Crippen LogP contribution in [0.15, 0.2) is 30.5 Å². The Labute approximate surface area is 149 Å². The molecule has 1 saturated heterocycles. The molecular weight excluding hydrogens is 345 g/mol. The zero-order valence-electron chi connectivity index (χ0n) is 14.7. The molecule has 1 fully saturated rings. The average molecular weight is 366 g/mol. The van der Waals surface area contributed by atoms with Gasteiger partial charge in [-0.3, -0.25) is 9.59 Å². The molecule has 1 amide bonds. The monoisotopic (exact) mass is 366 g/mol. The van der Waals surface area contributed by atoms with Crippen molar-refractivity contribution in [3.8, 4) is 0 Å². The number of rotatable bonds is 3. The van der Waals surface area contributed by atoms with E-state index in [1.807, 2.05) is 18.7 Å². The van der Waals surface area contributed by atoms with E-state index in [0.717, 1.165) is 25.5 Å². The summed E-state index contributed by atoms with van der Waals surface area (Å²) in [6.07, 6.45) is -0.907. The van der Waals surface area contributed by atoms with Crippen LogP contribution >= 0.6 is 0 Å². The van der Waals surface area contributed by atoms with Gasteiger partial charge < -0.3 is 9.47 Å². The van der Waals surface area contributed by atoms with Crippen LogP contribution in [0.4, 0.5) is 13.2 Å². The van der Waals surface area contributed by atoms with Gasteiger partial charge >= 0.3 is 6.18 Å². The number of hydrogen-bond acceptors (Lipinski definition) is 2. The van der Waals surface area contributed by atoms with Gasteiger partial charge in [0.25, 0.3) is 5.78 Å². The van der Waals surface area contributed by atoms with Gasteiger partial charge in [-0.15, -0.1) is 0 Å². The average Bonchev–Trinajstić information content (AvgIpc) is 2.92. The molecule has 7 heteroatoms. The number of aromatic nitrogens is 1. The van der Waals surface area contributed by atoms with Crippen molar-refractivity contribution in [3.05, 3.63) is 36.0 Å². The fraction of sp³-hybridized carbons (Fsp3) is 0.474. The molecule has 3 rings (SSSR count). The lowest BCUT2D eigenvalue weighted by atomic mass is 9.97. The van der Waals surface area contributed by atoms with Crippen LogP contribution in [-0.4, -0.2) is 39.4 Å². The minimum absolute atomic E-state index is 0.0830. The van der Waals surface area contributed by atoms with Crippen molar-refractivity contribution in [1.29, 1.82) is 0 Å². The van der Waals surface area contributed by atoms with Crippen molar-refractivity contribution in [2.45, 2.75) is 57.9 Å². The number of benzene rings is 1. The van der Waals surface area contributed by atoms with E-state index in [-0.39, 0.29) is 29.9 Å². The second-order valence-corrected chi connectivity index (χ2v) is 6.94. The van der Waals surface area contributed by atoms with E-state index in [4.69, 9.17) is 0 Å².